The van der Waals surface area contributed by atoms with Gasteiger partial charge in [-0.15, -0.1) is 0 Å². The van der Waals surface area contributed by atoms with E-state index >= 15 is 0 Å². The first kappa shape index (κ1) is 13.2. The van der Waals surface area contributed by atoms with E-state index in [-0.39, 0.29) is 9.88 Å². The Kier molecular flexibility index (Phi) is 3.57. The van der Waals surface area contributed by atoms with Crippen molar-refractivity contribution in [2.75, 3.05) is 5.32 Å². The number of hydrogen-bond donors (Lipinski definition) is 1. The summed E-state index contributed by atoms with van der Waals surface area (Å²) in [5.41, 5.74) is 1.06. The molecule has 0 saturated carbocycles. The number of carbonyl (C=O) groups excluding carboxylic acids is 1. The van der Waals surface area contributed by atoms with Crippen LogP contribution < -0.4 is 5.32 Å². The summed E-state index contributed by atoms with van der Waals surface area (Å²) in [7, 11) is 0. The van der Waals surface area contributed by atoms with Crippen molar-refractivity contribution in [3.05, 3.63) is 56.7 Å². The fourth-order valence-corrected chi connectivity index (χ4v) is 2.18. The zero-order valence-corrected chi connectivity index (χ0v) is 10.7. The molecule has 0 saturated heterocycles. The molecule has 0 unspecified atom stereocenters. The minimum absolute atomic E-state index is 0.110. The van der Waals surface area contributed by atoms with E-state index in [1.54, 1.807) is 13.0 Å². The number of nitro groups is 1. The molecule has 0 fully saturated rings. The van der Waals surface area contributed by atoms with Gasteiger partial charge in [0.25, 0.3) is 5.91 Å². The smallest absolute Gasteiger partial charge is 0.321 e. The molecule has 0 radical (unpaired) electrons. The third kappa shape index (κ3) is 2.94. The Morgan fingerprint density at radius 3 is 2.74 bits per heavy atom. The monoisotopic (exact) mass is 280 g/mol. The van der Waals surface area contributed by atoms with Gasteiger partial charge < -0.3 is 5.32 Å². The van der Waals surface area contributed by atoms with E-state index in [4.69, 9.17) is 0 Å². The Balaban J connectivity index is 2.20. The lowest BCUT2D eigenvalue weighted by atomic mass is 10.2. The van der Waals surface area contributed by atoms with Crippen LogP contribution in [-0.2, 0) is 0 Å². The number of carbonyl (C=O) groups is 1. The second kappa shape index (κ2) is 5.15. The van der Waals surface area contributed by atoms with Crippen molar-refractivity contribution in [1.29, 1.82) is 0 Å². The lowest BCUT2D eigenvalue weighted by Gasteiger charge is -2.06. The molecule has 0 bridgehead atoms. The fourth-order valence-electron chi connectivity index (χ4n) is 1.46. The number of nitrogens with one attached hydrogen (secondary N) is 1. The number of thiophene rings is 1. The van der Waals surface area contributed by atoms with Crippen molar-refractivity contribution < 1.29 is 14.1 Å². The minimum atomic E-state index is -0.561. The maximum Gasteiger partial charge on any atom is 0.324 e. The molecule has 19 heavy (non-hydrogen) atoms. The largest absolute Gasteiger partial charge is 0.324 e. The van der Waals surface area contributed by atoms with Gasteiger partial charge in [-0.2, -0.15) is 0 Å². The second-order valence-electron chi connectivity index (χ2n) is 3.81. The highest BCUT2D eigenvalue weighted by Gasteiger charge is 2.16. The fraction of sp³-hybridized carbons (Fsp3) is 0.0833. The number of anilines is 1. The summed E-state index contributed by atoms with van der Waals surface area (Å²) in [6.45, 7) is 1.73. The van der Waals surface area contributed by atoms with E-state index in [0.29, 0.717) is 11.3 Å². The molecule has 0 atom stereocenters. The van der Waals surface area contributed by atoms with E-state index in [9.17, 15) is 19.3 Å². The quantitative estimate of drug-likeness (QED) is 0.692. The predicted octanol–water partition coefficient (Wildman–Crippen LogP) is 3.36. The van der Waals surface area contributed by atoms with Crippen LogP contribution in [0.2, 0.25) is 0 Å². The molecule has 1 heterocycles. The summed E-state index contributed by atoms with van der Waals surface area (Å²) in [5, 5.41) is 12.9. The van der Waals surface area contributed by atoms with Gasteiger partial charge in [-0.05, 0) is 30.7 Å². The van der Waals surface area contributed by atoms with E-state index < -0.39 is 16.6 Å². The average molecular weight is 280 g/mol. The van der Waals surface area contributed by atoms with Gasteiger partial charge in [0.05, 0.1) is 9.80 Å². The molecule has 7 heteroatoms. The molecule has 1 amide bonds. The van der Waals surface area contributed by atoms with E-state index in [1.165, 1.54) is 24.3 Å². The standard InChI is InChI=1S/C12H9FN2O3S/c1-7-2-3-8(13)6-9(7)14-12(16)10-4-5-11(19-10)15(17)18/h2-6H,1H3,(H,14,16). The molecule has 0 aliphatic carbocycles. The summed E-state index contributed by atoms with van der Waals surface area (Å²) in [5.74, 6) is -0.954. The third-order valence-corrected chi connectivity index (χ3v) is 3.48. The van der Waals surface area contributed by atoms with Crippen molar-refractivity contribution in [2.45, 2.75) is 6.92 Å². The molecule has 2 rings (SSSR count). The topological polar surface area (TPSA) is 72.2 Å². The maximum atomic E-state index is 13.1. The molecule has 1 aromatic heterocycles. The molecule has 2 aromatic rings. The highest BCUT2D eigenvalue weighted by Crippen LogP contribution is 2.25. The first-order valence-corrected chi connectivity index (χ1v) is 6.11. The van der Waals surface area contributed by atoms with Crippen LogP contribution in [0.3, 0.4) is 0 Å². The van der Waals surface area contributed by atoms with Gasteiger partial charge in [0, 0.05) is 11.8 Å². The average Bonchev–Trinajstić information content (AvgIpc) is 2.83. The van der Waals surface area contributed by atoms with Gasteiger partial charge >= 0.3 is 5.00 Å². The molecular formula is C12H9FN2O3S. The third-order valence-electron chi connectivity index (χ3n) is 2.44. The summed E-state index contributed by atoms with van der Waals surface area (Å²) < 4.78 is 13.1. The Morgan fingerprint density at radius 1 is 1.37 bits per heavy atom. The number of hydrogen-bond acceptors (Lipinski definition) is 4. The number of aryl methyl sites for hydroxylation is 1. The Morgan fingerprint density at radius 2 is 2.11 bits per heavy atom. The molecule has 0 aliphatic heterocycles. The Hall–Kier alpha value is -2.28. The van der Waals surface area contributed by atoms with Crippen LogP contribution in [0.4, 0.5) is 15.1 Å². The van der Waals surface area contributed by atoms with E-state index in [0.717, 1.165) is 11.3 Å². The first-order valence-electron chi connectivity index (χ1n) is 5.29. The molecule has 98 valence electrons. The number of halogens is 1. The first-order chi connectivity index (χ1) is 8.97. The highest BCUT2D eigenvalue weighted by molar-refractivity contribution is 7.17. The van der Waals surface area contributed by atoms with Crippen molar-refractivity contribution in [3.8, 4) is 0 Å². The van der Waals surface area contributed by atoms with Gasteiger partial charge in [0.15, 0.2) is 0 Å². The van der Waals surface area contributed by atoms with Crippen LogP contribution in [0.25, 0.3) is 0 Å². The minimum Gasteiger partial charge on any atom is -0.321 e. The van der Waals surface area contributed by atoms with Crippen LogP contribution in [0.1, 0.15) is 15.2 Å². The number of amides is 1. The van der Waals surface area contributed by atoms with E-state index in [2.05, 4.69) is 5.32 Å². The van der Waals surface area contributed by atoms with Gasteiger partial charge in [-0.3, -0.25) is 14.9 Å². The summed E-state index contributed by atoms with van der Waals surface area (Å²) in [6.07, 6.45) is 0. The van der Waals surface area contributed by atoms with Crippen molar-refractivity contribution >= 4 is 27.9 Å². The van der Waals surface area contributed by atoms with E-state index in [1.807, 2.05) is 0 Å². The van der Waals surface area contributed by atoms with Crippen molar-refractivity contribution in [1.82, 2.24) is 0 Å². The summed E-state index contributed by atoms with van der Waals surface area (Å²) >= 11 is 0.774. The molecule has 1 N–H and O–H groups in total. The SMILES string of the molecule is Cc1ccc(F)cc1NC(=O)c1ccc([N+](=O)[O-])s1. The van der Waals surface area contributed by atoms with Gasteiger partial charge in [-0.1, -0.05) is 17.4 Å². The number of nitrogens with zero attached hydrogens (tertiary/aromatic N) is 1. The zero-order chi connectivity index (χ0) is 14.0. The van der Waals surface area contributed by atoms with Gasteiger partial charge in [0.1, 0.15) is 5.82 Å². The van der Waals surface area contributed by atoms with Crippen molar-refractivity contribution in [3.63, 3.8) is 0 Å². The normalized spacial score (nSPS) is 10.2. The van der Waals surface area contributed by atoms with Crippen LogP contribution >= 0.6 is 11.3 Å². The van der Waals surface area contributed by atoms with Crippen LogP contribution in [0.15, 0.2) is 30.3 Å². The molecule has 0 aliphatic rings. The Bertz CT molecular complexity index is 654. The van der Waals surface area contributed by atoms with Gasteiger partial charge in [0.2, 0.25) is 0 Å². The number of benzene rings is 1. The maximum absolute atomic E-state index is 13.1. The predicted molar refractivity (Wildman–Crippen MR) is 70.1 cm³/mol. The second-order valence-corrected chi connectivity index (χ2v) is 4.87. The molecule has 0 spiro atoms. The highest BCUT2D eigenvalue weighted by atomic mass is 32.1. The summed E-state index contributed by atoms with van der Waals surface area (Å²) in [6, 6.07) is 6.67. The molecule has 1 aromatic carbocycles. The van der Waals surface area contributed by atoms with Crippen LogP contribution in [-0.4, -0.2) is 10.8 Å². The van der Waals surface area contributed by atoms with Crippen LogP contribution in [0.5, 0.6) is 0 Å². The molecular weight excluding hydrogens is 271 g/mol. The number of rotatable bonds is 3. The zero-order valence-electron chi connectivity index (χ0n) is 9.84. The van der Waals surface area contributed by atoms with Crippen molar-refractivity contribution in [2.24, 2.45) is 0 Å². The lowest BCUT2D eigenvalue weighted by Crippen LogP contribution is -2.11. The molecule has 5 nitrogen and oxygen atoms in total. The van der Waals surface area contributed by atoms with Gasteiger partial charge in [-0.25, -0.2) is 4.39 Å². The Labute approximate surface area is 111 Å². The van der Waals surface area contributed by atoms with Crippen LogP contribution in [0, 0.1) is 22.9 Å². The summed E-state index contributed by atoms with van der Waals surface area (Å²) in [4.78, 5) is 22.0. The lowest BCUT2D eigenvalue weighted by molar-refractivity contribution is -0.380.